The normalized spacial score (nSPS) is 15.1. The molecule has 0 spiro atoms. The van der Waals surface area contributed by atoms with Crippen LogP contribution in [0, 0.1) is 0 Å². The summed E-state index contributed by atoms with van der Waals surface area (Å²) in [4.78, 5) is 15.7. The van der Waals surface area contributed by atoms with Crippen LogP contribution in [0.2, 0.25) is 0 Å². The van der Waals surface area contributed by atoms with Gasteiger partial charge in [-0.05, 0) is 57.0 Å². The van der Waals surface area contributed by atoms with Crippen LogP contribution < -0.4 is 14.8 Å². The molecule has 156 valence electrons. The highest BCUT2D eigenvalue weighted by Crippen LogP contribution is 2.35. The Bertz CT molecular complexity index is 839. The van der Waals surface area contributed by atoms with Gasteiger partial charge in [-0.1, -0.05) is 12.1 Å². The first kappa shape index (κ1) is 21.5. The van der Waals surface area contributed by atoms with E-state index in [4.69, 9.17) is 9.47 Å². The van der Waals surface area contributed by atoms with Crippen LogP contribution in [0.5, 0.6) is 11.5 Å². The molecule has 1 aliphatic heterocycles. The molecule has 0 saturated carbocycles. The van der Waals surface area contributed by atoms with Crippen molar-refractivity contribution in [2.24, 2.45) is 0 Å². The number of ether oxygens (including phenoxy) is 2. The summed E-state index contributed by atoms with van der Waals surface area (Å²) in [7, 11) is 1.96. The minimum atomic E-state index is -0.00883. The molecular weight excluding hydrogens is 384 g/mol. The van der Waals surface area contributed by atoms with Crippen molar-refractivity contribution in [2.45, 2.75) is 44.4 Å². The topological polar surface area (TPSA) is 50.8 Å². The molecule has 0 fully saturated rings. The summed E-state index contributed by atoms with van der Waals surface area (Å²) in [6.45, 7) is 6.12. The van der Waals surface area contributed by atoms with Crippen LogP contribution in [0.25, 0.3) is 0 Å². The van der Waals surface area contributed by atoms with Gasteiger partial charge in [-0.15, -0.1) is 11.8 Å². The van der Waals surface area contributed by atoms with Crippen molar-refractivity contribution in [3.63, 3.8) is 0 Å². The summed E-state index contributed by atoms with van der Waals surface area (Å²) in [6.07, 6.45) is 3.14. The van der Waals surface area contributed by atoms with E-state index < -0.39 is 0 Å². The van der Waals surface area contributed by atoms with Gasteiger partial charge in [0.1, 0.15) is 17.6 Å². The number of nitrogens with zero attached hydrogens (tertiary/aromatic N) is 1. The first-order valence-electron chi connectivity index (χ1n) is 10.0. The van der Waals surface area contributed by atoms with Gasteiger partial charge in [0.2, 0.25) is 5.91 Å². The third-order valence-corrected chi connectivity index (χ3v) is 5.62. The number of rotatable bonds is 9. The summed E-state index contributed by atoms with van der Waals surface area (Å²) >= 11 is 1.73. The molecule has 1 aliphatic rings. The number of hydrogen-bond donors (Lipinski definition) is 1. The number of likely N-dealkylation sites (N-methyl/N-ethyl adjacent to an activating group) is 1. The van der Waals surface area contributed by atoms with Gasteiger partial charge in [0.15, 0.2) is 0 Å². The fraction of sp³-hybridized carbons (Fsp3) is 0.435. The van der Waals surface area contributed by atoms with Crippen LogP contribution >= 0.6 is 11.8 Å². The number of carbonyl (C=O) groups is 1. The van der Waals surface area contributed by atoms with Crippen LogP contribution in [0.15, 0.2) is 41.3 Å². The van der Waals surface area contributed by atoms with Crippen LogP contribution in [0.4, 0.5) is 0 Å². The SMILES string of the molecule is CCOc1cc2c(cc1CNC(=O)CN(C)Cc1ccc(SC)cc1)O[C@@H](C)C2. The fourth-order valence-corrected chi connectivity index (χ4v) is 3.91. The van der Waals surface area contributed by atoms with E-state index in [1.807, 2.05) is 31.0 Å². The van der Waals surface area contributed by atoms with Crippen molar-refractivity contribution in [1.29, 1.82) is 0 Å². The van der Waals surface area contributed by atoms with Gasteiger partial charge in [0, 0.05) is 35.5 Å². The Labute approximate surface area is 177 Å². The number of hydrogen-bond acceptors (Lipinski definition) is 5. The maximum atomic E-state index is 12.4. The third kappa shape index (κ3) is 5.90. The van der Waals surface area contributed by atoms with Crippen LogP contribution in [-0.4, -0.2) is 43.4 Å². The second kappa shape index (κ2) is 10.0. The van der Waals surface area contributed by atoms with Crippen molar-refractivity contribution in [3.8, 4) is 11.5 Å². The third-order valence-electron chi connectivity index (χ3n) is 4.88. The van der Waals surface area contributed by atoms with Crippen molar-refractivity contribution >= 4 is 17.7 Å². The Balaban J connectivity index is 1.55. The molecule has 3 rings (SSSR count). The second-order valence-corrected chi connectivity index (χ2v) is 8.31. The Morgan fingerprint density at radius 3 is 2.76 bits per heavy atom. The summed E-state index contributed by atoms with van der Waals surface area (Å²) in [5, 5.41) is 3.02. The highest BCUT2D eigenvalue weighted by molar-refractivity contribution is 7.98. The summed E-state index contributed by atoms with van der Waals surface area (Å²) in [5.74, 6) is 1.72. The Morgan fingerprint density at radius 1 is 1.31 bits per heavy atom. The van der Waals surface area contributed by atoms with E-state index in [0.717, 1.165) is 30.0 Å². The molecule has 2 aromatic carbocycles. The highest BCUT2D eigenvalue weighted by atomic mass is 32.2. The Hall–Kier alpha value is -2.18. The van der Waals surface area contributed by atoms with Crippen molar-refractivity contribution in [2.75, 3.05) is 26.5 Å². The molecule has 1 atom stereocenters. The molecule has 5 nitrogen and oxygen atoms in total. The molecule has 1 heterocycles. The zero-order valence-corrected chi connectivity index (χ0v) is 18.5. The van der Waals surface area contributed by atoms with Crippen LogP contribution in [0.3, 0.4) is 0 Å². The van der Waals surface area contributed by atoms with E-state index in [9.17, 15) is 4.79 Å². The standard InChI is InChI=1S/C23H30N2O3S/c1-5-27-21-11-18-10-16(2)28-22(18)12-19(21)13-24-23(26)15-25(3)14-17-6-8-20(29-4)9-7-17/h6-9,11-12,16H,5,10,13-15H2,1-4H3,(H,24,26)/t16-/m0/s1. The molecule has 6 heteroatoms. The van der Waals surface area contributed by atoms with Gasteiger partial charge in [0.25, 0.3) is 0 Å². The van der Waals surface area contributed by atoms with Gasteiger partial charge in [-0.25, -0.2) is 0 Å². The van der Waals surface area contributed by atoms with E-state index >= 15 is 0 Å². The lowest BCUT2D eigenvalue weighted by molar-refractivity contribution is -0.122. The molecule has 29 heavy (non-hydrogen) atoms. The second-order valence-electron chi connectivity index (χ2n) is 7.43. The molecule has 2 aromatic rings. The lowest BCUT2D eigenvalue weighted by atomic mass is 10.1. The number of amides is 1. The van der Waals surface area contributed by atoms with Crippen molar-refractivity contribution in [1.82, 2.24) is 10.2 Å². The predicted molar refractivity (Wildman–Crippen MR) is 118 cm³/mol. The summed E-state index contributed by atoms with van der Waals surface area (Å²) in [6, 6.07) is 12.5. The molecule has 0 bridgehead atoms. The largest absolute Gasteiger partial charge is 0.494 e. The van der Waals surface area contributed by atoms with Gasteiger partial charge in [-0.3, -0.25) is 9.69 Å². The molecule has 1 N–H and O–H groups in total. The molecule has 0 saturated heterocycles. The van der Waals surface area contributed by atoms with E-state index in [2.05, 4.69) is 42.8 Å². The number of benzene rings is 2. The fourth-order valence-electron chi connectivity index (χ4n) is 3.50. The van der Waals surface area contributed by atoms with Gasteiger partial charge in [-0.2, -0.15) is 0 Å². The molecule has 0 aromatic heterocycles. The van der Waals surface area contributed by atoms with E-state index in [1.165, 1.54) is 16.0 Å². The maximum Gasteiger partial charge on any atom is 0.234 e. The zero-order valence-electron chi connectivity index (χ0n) is 17.7. The highest BCUT2D eigenvalue weighted by Gasteiger charge is 2.22. The maximum absolute atomic E-state index is 12.4. The van der Waals surface area contributed by atoms with Crippen LogP contribution in [-0.2, 0) is 24.3 Å². The number of nitrogens with one attached hydrogen (secondary N) is 1. The Morgan fingerprint density at radius 2 is 2.07 bits per heavy atom. The molecule has 0 aliphatic carbocycles. The smallest absolute Gasteiger partial charge is 0.234 e. The number of carbonyl (C=O) groups excluding carboxylic acids is 1. The number of fused-ring (bicyclic) bond motifs is 1. The van der Waals surface area contributed by atoms with Crippen molar-refractivity contribution in [3.05, 3.63) is 53.1 Å². The van der Waals surface area contributed by atoms with Gasteiger partial charge in [0.05, 0.1) is 13.2 Å². The summed E-state index contributed by atoms with van der Waals surface area (Å²) < 4.78 is 11.6. The monoisotopic (exact) mass is 414 g/mol. The minimum Gasteiger partial charge on any atom is -0.494 e. The minimum absolute atomic E-state index is 0.00883. The van der Waals surface area contributed by atoms with E-state index in [1.54, 1.807) is 11.8 Å². The lowest BCUT2D eigenvalue weighted by Crippen LogP contribution is -2.34. The van der Waals surface area contributed by atoms with Gasteiger partial charge >= 0.3 is 0 Å². The first-order chi connectivity index (χ1) is 14.0. The average molecular weight is 415 g/mol. The molecule has 0 unspecified atom stereocenters. The van der Waals surface area contributed by atoms with Crippen LogP contribution in [0.1, 0.15) is 30.5 Å². The Kier molecular flexibility index (Phi) is 7.45. The lowest BCUT2D eigenvalue weighted by Gasteiger charge is -2.17. The molecule has 1 amide bonds. The van der Waals surface area contributed by atoms with Crippen molar-refractivity contribution < 1.29 is 14.3 Å². The van der Waals surface area contributed by atoms with E-state index in [0.29, 0.717) is 19.7 Å². The first-order valence-corrected chi connectivity index (χ1v) is 11.2. The van der Waals surface area contributed by atoms with Gasteiger partial charge < -0.3 is 14.8 Å². The molecular formula is C23H30N2O3S. The zero-order chi connectivity index (χ0) is 20.8. The van der Waals surface area contributed by atoms with E-state index in [-0.39, 0.29) is 12.0 Å². The predicted octanol–water partition coefficient (Wildman–Crippen LogP) is 3.88. The average Bonchev–Trinajstić information content (AvgIpc) is 3.05. The summed E-state index contributed by atoms with van der Waals surface area (Å²) in [5.41, 5.74) is 3.31. The number of thioether (sulfide) groups is 1. The molecule has 0 radical (unpaired) electrons. The quantitative estimate of drug-likeness (QED) is 0.631.